The van der Waals surface area contributed by atoms with Gasteiger partial charge in [-0.05, 0) is 49.2 Å². The van der Waals surface area contributed by atoms with Crippen molar-refractivity contribution in [2.24, 2.45) is 0 Å². The number of halogens is 1. The van der Waals surface area contributed by atoms with E-state index in [1.807, 2.05) is 6.92 Å². The fourth-order valence-corrected chi connectivity index (χ4v) is 4.75. The van der Waals surface area contributed by atoms with Crippen molar-refractivity contribution >= 4 is 27.3 Å². The minimum absolute atomic E-state index is 0.0119. The van der Waals surface area contributed by atoms with E-state index in [0.717, 1.165) is 0 Å². The molecule has 168 valence electrons. The second kappa shape index (κ2) is 8.23. The molecule has 9 nitrogen and oxygen atoms in total. The molecule has 11 heteroatoms. The quantitative estimate of drug-likeness (QED) is 0.601. The lowest BCUT2D eigenvalue weighted by molar-refractivity contribution is -0.121. The number of fused-ring (bicyclic) bond motifs is 1. The second-order valence-corrected chi connectivity index (χ2v) is 9.03. The Morgan fingerprint density at radius 2 is 1.97 bits per heavy atom. The fraction of sp³-hybridized carbons (Fsp3) is 0.286. The Balaban J connectivity index is 1.67. The monoisotopic (exact) mass is 460 g/mol. The van der Waals surface area contributed by atoms with Gasteiger partial charge in [-0.25, -0.2) is 12.8 Å². The molecule has 3 aromatic rings. The molecule has 1 N–H and O–H groups in total. The highest BCUT2D eigenvalue weighted by Gasteiger charge is 2.30. The molecule has 1 aliphatic rings. The third-order valence-electron chi connectivity index (χ3n) is 5.03. The molecular formula is C21H21FN4O5S. The minimum atomic E-state index is -4.00. The van der Waals surface area contributed by atoms with E-state index in [1.165, 1.54) is 29.2 Å². The topological polar surface area (TPSA) is 115 Å². The summed E-state index contributed by atoms with van der Waals surface area (Å²) in [5.41, 5.74) is 1.54. The number of ether oxygens (including phenoxy) is 1. The van der Waals surface area contributed by atoms with Crippen molar-refractivity contribution in [2.45, 2.75) is 38.6 Å². The Labute approximate surface area is 184 Å². The maximum Gasteiger partial charge on any atom is 0.265 e. The van der Waals surface area contributed by atoms with E-state index in [4.69, 9.17) is 9.26 Å². The third kappa shape index (κ3) is 4.15. The molecule has 0 saturated carbocycles. The van der Waals surface area contributed by atoms with Gasteiger partial charge in [-0.2, -0.15) is 4.98 Å². The summed E-state index contributed by atoms with van der Waals surface area (Å²) in [5, 5.41) is 3.88. The number of nitrogens with one attached hydrogen (secondary N) is 1. The van der Waals surface area contributed by atoms with Crippen LogP contribution in [0.15, 0.2) is 39.8 Å². The Kier molecular flexibility index (Phi) is 5.59. The molecule has 1 amide bonds. The first-order valence-corrected chi connectivity index (χ1v) is 11.3. The summed E-state index contributed by atoms with van der Waals surface area (Å²) in [7, 11) is -4.00. The molecule has 0 radical (unpaired) electrons. The molecule has 32 heavy (non-hydrogen) atoms. The smallest absolute Gasteiger partial charge is 0.265 e. The van der Waals surface area contributed by atoms with Crippen molar-refractivity contribution in [3.05, 3.63) is 59.0 Å². The van der Waals surface area contributed by atoms with E-state index >= 15 is 0 Å². The molecule has 0 aliphatic carbocycles. The molecule has 0 unspecified atom stereocenters. The summed E-state index contributed by atoms with van der Waals surface area (Å²) >= 11 is 0. The summed E-state index contributed by atoms with van der Waals surface area (Å²) in [5.74, 6) is 0.272. The highest BCUT2D eigenvalue weighted by atomic mass is 32.2. The molecule has 1 aromatic heterocycles. The molecule has 0 saturated heterocycles. The van der Waals surface area contributed by atoms with Crippen molar-refractivity contribution in [3.8, 4) is 5.75 Å². The lowest BCUT2D eigenvalue weighted by Crippen LogP contribution is -2.38. The highest BCUT2D eigenvalue weighted by Crippen LogP contribution is 2.37. The zero-order valence-corrected chi connectivity index (χ0v) is 18.5. The number of aryl methyl sites for hydroxylation is 3. The van der Waals surface area contributed by atoms with E-state index in [0.29, 0.717) is 35.0 Å². The van der Waals surface area contributed by atoms with Gasteiger partial charge in [0, 0.05) is 12.5 Å². The molecule has 1 aliphatic heterocycles. The number of carbonyl (C=O) groups excluding carboxylic acids is 1. The van der Waals surface area contributed by atoms with Crippen LogP contribution in [0.2, 0.25) is 0 Å². The standard InChI is InChI=1S/C21H21FN4O5S/c1-4-20-23-19(24-31-20)10-26-16-8-13(3)18(9-17(16)30-11-21(26)27)32(28,29)25-15-6-5-14(22)7-12(15)2/h5-9,25H,4,10-11H2,1-3H3. The number of benzene rings is 2. The van der Waals surface area contributed by atoms with Gasteiger partial charge in [0.05, 0.1) is 22.8 Å². The second-order valence-electron chi connectivity index (χ2n) is 7.38. The minimum Gasteiger partial charge on any atom is -0.482 e. The van der Waals surface area contributed by atoms with Gasteiger partial charge < -0.3 is 9.26 Å². The van der Waals surface area contributed by atoms with Crippen LogP contribution in [0.1, 0.15) is 29.8 Å². The molecular weight excluding hydrogens is 439 g/mol. The number of sulfonamides is 1. The van der Waals surface area contributed by atoms with E-state index in [-0.39, 0.29) is 35.4 Å². The zero-order valence-electron chi connectivity index (χ0n) is 17.7. The summed E-state index contributed by atoms with van der Waals surface area (Å²) in [6.45, 7) is 4.91. The predicted molar refractivity (Wildman–Crippen MR) is 113 cm³/mol. The number of amides is 1. The number of hydrogen-bond acceptors (Lipinski definition) is 7. The van der Waals surface area contributed by atoms with Gasteiger partial charge in [0.15, 0.2) is 12.4 Å². The van der Waals surface area contributed by atoms with Gasteiger partial charge in [0.2, 0.25) is 5.89 Å². The lowest BCUT2D eigenvalue weighted by atomic mass is 10.1. The Morgan fingerprint density at radius 3 is 2.66 bits per heavy atom. The SMILES string of the molecule is CCc1nc(CN2C(=O)COc3cc(S(=O)(=O)Nc4ccc(F)cc4C)c(C)cc32)no1. The van der Waals surface area contributed by atoms with Crippen LogP contribution in [0, 0.1) is 19.7 Å². The summed E-state index contributed by atoms with van der Waals surface area (Å²) in [6.07, 6.45) is 0.571. The molecule has 4 rings (SSSR count). The molecule has 0 fully saturated rings. The number of nitrogens with zero attached hydrogens (tertiary/aromatic N) is 3. The van der Waals surface area contributed by atoms with Crippen LogP contribution < -0.4 is 14.4 Å². The molecule has 0 atom stereocenters. The van der Waals surface area contributed by atoms with E-state index in [2.05, 4.69) is 14.9 Å². The van der Waals surface area contributed by atoms with Gasteiger partial charge in [0.1, 0.15) is 11.6 Å². The van der Waals surface area contributed by atoms with Crippen molar-refractivity contribution in [1.29, 1.82) is 0 Å². The maximum absolute atomic E-state index is 13.4. The molecule has 2 heterocycles. The normalized spacial score (nSPS) is 13.6. The van der Waals surface area contributed by atoms with E-state index in [1.54, 1.807) is 19.9 Å². The Morgan fingerprint density at radius 1 is 1.19 bits per heavy atom. The first-order chi connectivity index (χ1) is 15.2. The highest BCUT2D eigenvalue weighted by molar-refractivity contribution is 7.92. The molecule has 2 aromatic carbocycles. The first-order valence-electron chi connectivity index (χ1n) is 9.86. The fourth-order valence-electron chi connectivity index (χ4n) is 3.38. The molecule has 0 bridgehead atoms. The zero-order chi connectivity index (χ0) is 23.0. The lowest BCUT2D eigenvalue weighted by Gasteiger charge is -2.29. The van der Waals surface area contributed by atoms with Crippen LogP contribution in [-0.2, 0) is 27.8 Å². The van der Waals surface area contributed by atoms with Gasteiger partial charge >= 0.3 is 0 Å². The van der Waals surface area contributed by atoms with Crippen molar-refractivity contribution in [2.75, 3.05) is 16.2 Å². The maximum atomic E-state index is 13.4. The summed E-state index contributed by atoms with van der Waals surface area (Å²) in [4.78, 5) is 18.1. The third-order valence-corrected chi connectivity index (χ3v) is 6.54. The summed E-state index contributed by atoms with van der Waals surface area (Å²) < 4.78 is 52.5. The largest absolute Gasteiger partial charge is 0.482 e. The van der Waals surface area contributed by atoms with E-state index in [9.17, 15) is 17.6 Å². The van der Waals surface area contributed by atoms with Crippen LogP contribution in [0.25, 0.3) is 0 Å². The Hall–Kier alpha value is -3.47. The van der Waals surface area contributed by atoms with Crippen LogP contribution >= 0.6 is 0 Å². The van der Waals surface area contributed by atoms with E-state index < -0.39 is 15.8 Å². The van der Waals surface area contributed by atoms with Crippen LogP contribution in [-0.4, -0.2) is 31.1 Å². The van der Waals surface area contributed by atoms with Crippen molar-refractivity contribution < 1.29 is 26.9 Å². The number of hydrogen-bond donors (Lipinski definition) is 1. The Bertz CT molecular complexity index is 1310. The molecule has 0 spiro atoms. The van der Waals surface area contributed by atoms with Crippen LogP contribution in [0.3, 0.4) is 0 Å². The average Bonchev–Trinajstić information content (AvgIpc) is 3.20. The number of anilines is 2. The van der Waals surface area contributed by atoms with Gasteiger partial charge in [-0.15, -0.1) is 0 Å². The predicted octanol–water partition coefficient (Wildman–Crippen LogP) is 3.11. The first kappa shape index (κ1) is 21.8. The van der Waals surface area contributed by atoms with Crippen molar-refractivity contribution in [1.82, 2.24) is 10.1 Å². The van der Waals surface area contributed by atoms with Gasteiger partial charge in [-0.3, -0.25) is 14.4 Å². The van der Waals surface area contributed by atoms with Crippen LogP contribution in [0.5, 0.6) is 5.75 Å². The number of rotatable bonds is 6. The summed E-state index contributed by atoms with van der Waals surface area (Å²) in [6, 6.07) is 6.73. The van der Waals surface area contributed by atoms with Gasteiger partial charge in [-0.1, -0.05) is 12.1 Å². The van der Waals surface area contributed by atoms with Gasteiger partial charge in [0.25, 0.3) is 15.9 Å². The average molecular weight is 460 g/mol. The number of carbonyl (C=O) groups is 1. The number of aromatic nitrogens is 2. The van der Waals surface area contributed by atoms with Crippen molar-refractivity contribution in [3.63, 3.8) is 0 Å². The van der Waals surface area contributed by atoms with Crippen LogP contribution in [0.4, 0.5) is 15.8 Å².